The Morgan fingerprint density at radius 2 is 2.19 bits per heavy atom. The van der Waals surface area contributed by atoms with Crippen LogP contribution < -0.4 is 14.8 Å². The number of amides is 2. The van der Waals surface area contributed by atoms with Gasteiger partial charge in [0.2, 0.25) is 5.88 Å². The molecule has 3 atom stereocenters. The van der Waals surface area contributed by atoms with E-state index in [-0.39, 0.29) is 23.5 Å². The fourth-order valence-electron chi connectivity index (χ4n) is 4.97. The van der Waals surface area contributed by atoms with Crippen LogP contribution in [0, 0.1) is 4.78 Å². The minimum Gasteiger partial charge on any atom is -0.474 e. The standard InChI is InChI=1S/C21H27N5O4S/c1-12-6-7-14-8-13-4-3-5-16(13)19(18(12)14)24-21(27)25-31(22,28)17-9-23-26-10-15(29-2)11-30-20(17)26/h8-9,12,15H,3-7,10-11H2,1-2H3,(H3,22,24,25,27,28)/t12-,15+,31?/m1/s1. The molecule has 1 unspecified atom stereocenters. The molecule has 2 amide bonds. The zero-order chi connectivity index (χ0) is 21.8. The minimum absolute atomic E-state index is 0.0640. The van der Waals surface area contributed by atoms with Crippen molar-refractivity contribution < 1.29 is 18.5 Å². The number of aryl methyl sites for hydroxylation is 2. The molecule has 1 aliphatic heterocycles. The number of ether oxygens (including phenoxy) is 2. The molecule has 0 radical (unpaired) electrons. The van der Waals surface area contributed by atoms with Crippen LogP contribution in [0.1, 0.15) is 47.9 Å². The van der Waals surface area contributed by atoms with Gasteiger partial charge in [-0.25, -0.2) is 23.2 Å². The lowest BCUT2D eigenvalue weighted by Crippen LogP contribution is -2.35. The predicted octanol–water partition coefficient (Wildman–Crippen LogP) is 2.97. The number of carbonyl (C=O) groups is 1. The van der Waals surface area contributed by atoms with Gasteiger partial charge in [0, 0.05) is 12.8 Å². The number of nitrogens with zero attached hydrogens (tertiary/aromatic N) is 2. The molecule has 31 heavy (non-hydrogen) atoms. The molecule has 10 heteroatoms. The van der Waals surface area contributed by atoms with E-state index in [9.17, 15) is 9.00 Å². The van der Waals surface area contributed by atoms with Crippen LogP contribution in [0.15, 0.2) is 17.2 Å². The van der Waals surface area contributed by atoms with E-state index in [0.29, 0.717) is 12.5 Å². The number of fused-ring (bicyclic) bond motifs is 3. The number of hydrogen-bond acceptors (Lipinski definition) is 6. The third kappa shape index (κ3) is 3.47. The molecule has 2 heterocycles. The van der Waals surface area contributed by atoms with Crippen molar-refractivity contribution in [3.05, 3.63) is 34.5 Å². The molecule has 0 spiro atoms. The molecular weight excluding hydrogens is 418 g/mol. The van der Waals surface area contributed by atoms with Crippen LogP contribution in [0.4, 0.5) is 10.5 Å². The molecule has 1 aromatic carbocycles. The number of aromatic nitrogens is 2. The lowest BCUT2D eigenvalue weighted by molar-refractivity contribution is 0.0165. The molecule has 166 valence electrons. The Bertz CT molecular complexity index is 1160. The van der Waals surface area contributed by atoms with Gasteiger partial charge in [0.15, 0.2) is 9.92 Å². The van der Waals surface area contributed by atoms with Gasteiger partial charge in [-0.3, -0.25) is 0 Å². The number of urea groups is 1. The van der Waals surface area contributed by atoms with Crippen LogP contribution in [0.2, 0.25) is 0 Å². The van der Waals surface area contributed by atoms with E-state index in [2.05, 4.69) is 28.1 Å². The fourth-order valence-corrected chi connectivity index (χ4v) is 5.99. The summed E-state index contributed by atoms with van der Waals surface area (Å²) in [5.41, 5.74) is 5.79. The summed E-state index contributed by atoms with van der Waals surface area (Å²) in [5.74, 6) is 0.602. The Morgan fingerprint density at radius 1 is 1.35 bits per heavy atom. The first-order chi connectivity index (χ1) is 14.9. The third-order valence-electron chi connectivity index (χ3n) is 6.53. The average molecular weight is 446 g/mol. The van der Waals surface area contributed by atoms with E-state index < -0.39 is 15.9 Å². The van der Waals surface area contributed by atoms with E-state index >= 15 is 0 Å². The van der Waals surface area contributed by atoms with E-state index in [1.54, 1.807) is 7.11 Å². The van der Waals surface area contributed by atoms with Gasteiger partial charge in [-0.1, -0.05) is 13.0 Å². The van der Waals surface area contributed by atoms with Gasteiger partial charge in [0.1, 0.15) is 17.6 Å². The van der Waals surface area contributed by atoms with Crippen LogP contribution in [-0.2, 0) is 40.5 Å². The Kier molecular flexibility index (Phi) is 4.93. The summed E-state index contributed by atoms with van der Waals surface area (Å²) in [6, 6.07) is 1.65. The normalized spacial score (nSPS) is 23.3. The maximum atomic E-state index is 13.1. The third-order valence-corrected chi connectivity index (χ3v) is 7.90. The Morgan fingerprint density at radius 3 is 3.00 bits per heavy atom. The van der Waals surface area contributed by atoms with E-state index in [1.165, 1.54) is 33.1 Å². The van der Waals surface area contributed by atoms with Gasteiger partial charge in [0.05, 0.1) is 12.7 Å². The molecule has 3 N–H and O–H groups in total. The largest absolute Gasteiger partial charge is 0.474 e. The van der Waals surface area contributed by atoms with Gasteiger partial charge < -0.3 is 14.8 Å². The molecule has 3 aliphatic rings. The van der Waals surface area contributed by atoms with Crippen LogP contribution in [-0.4, -0.2) is 39.8 Å². The number of rotatable bonds is 4. The highest BCUT2D eigenvalue weighted by molar-refractivity contribution is 7.91. The molecule has 1 aromatic heterocycles. The van der Waals surface area contributed by atoms with Crippen LogP contribution >= 0.6 is 0 Å². The van der Waals surface area contributed by atoms with Crippen LogP contribution in [0.3, 0.4) is 0 Å². The monoisotopic (exact) mass is 445 g/mol. The summed E-state index contributed by atoms with van der Waals surface area (Å²) in [4.78, 5) is 13.0. The molecule has 0 saturated heterocycles. The van der Waals surface area contributed by atoms with E-state index in [1.807, 2.05) is 0 Å². The van der Waals surface area contributed by atoms with Crippen LogP contribution in [0.25, 0.3) is 0 Å². The van der Waals surface area contributed by atoms with Crippen molar-refractivity contribution in [1.82, 2.24) is 14.5 Å². The van der Waals surface area contributed by atoms with Gasteiger partial charge in [-0.15, -0.1) is 0 Å². The minimum atomic E-state index is -3.65. The van der Waals surface area contributed by atoms with Gasteiger partial charge in [0.25, 0.3) is 0 Å². The number of hydrogen-bond donors (Lipinski definition) is 3. The second-order valence-electron chi connectivity index (χ2n) is 8.53. The topological polar surface area (TPSA) is 118 Å². The number of anilines is 1. The van der Waals surface area contributed by atoms with E-state index in [0.717, 1.165) is 37.8 Å². The summed E-state index contributed by atoms with van der Waals surface area (Å²) in [6.07, 6.45) is 6.24. The van der Waals surface area contributed by atoms with Gasteiger partial charge in [-0.05, 0) is 60.3 Å². The maximum Gasteiger partial charge on any atom is 0.331 e. The molecule has 2 aromatic rings. The SMILES string of the molecule is CO[C@@H]1COc2c(S(=N)(=O)NC(=O)Nc3c4c(cc5c3[C@H](C)CC5)CCC4)cnn2C1. The molecule has 0 fully saturated rings. The van der Waals surface area contributed by atoms with Crippen molar-refractivity contribution in [3.63, 3.8) is 0 Å². The van der Waals surface area contributed by atoms with Crippen LogP contribution in [0.5, 0.6) is 5.88 Å². The molecular formula is C21H27N5O4S. The average Bonchev–Trinajstić information content (AvgIpc) is 3.45. The highest BCUT2D eigenvalue weighted by Gasteiger charge is 2.31. The Balaban J connectivity index is 1.40. The van der Waals surface area contributed by atoms with Crippen molar-refractivity contribution >= 4 is 21.6 Å². The first kappa shape index (κ1) is 20.3. The number of methoxy groups -OCH3 is 1. The van der Waals surface area contributed by atoms with Crippen molar-refractivity contribution in [2.24, 2.45) is 0 Å². The molecule has 2 aliphatic carbocycles. The summed E-state index contributed by atoms with van der Waals surface area (Å²) in [7, 11) is -2.07. The Labute approximate surface area is 181 Å². The molecule has 9 nitrogen and oxygen atoms in total. The summed E-state index contributed by atoms with van der Waals surface area (Å²) < 4.78 is 36.3. The lowest BCUT2D eigenvalue weighted by atomic mass is 9.95. The zero-order valence-corrected chi connectivity index (χ0v) is 18.5. The Hall–Kier alpha value is -2.59. The highest BCUT2D eigenvalue weighted by atomic mass is 32.2. The van der Waals surface area contributed by atoms with Crippen molar-refractivity contribution in [3.8, 4) is 5.88 Å². The zero-order valence-electron chi connectivity index (χ0n) is 17.7. The lowest BCUT2D eigenvalue weighted by Gasteiger charge is -2.23. The molecule has 0 saturated carbocycles. The van der Waals surface area contributed by atoms with Crippen molar-refractivity contribution in [2.45, 2.75) is 62.5 Å². The second-order valence-corrected chi connectivity index (χ2v) is 10.3. The number of carbonyl (C=O) groups excluding carboxylic acids is 1. The quantitative estimate of drug-likeness (QED) is 0.669. The summed E-state index contributed by atoms with van der Waals surface area (Å²) in [5, 5.41) is 7.11. The van der Waals surface area contributed by atoms with Gasteiger partial charge >= 0.3 is 6.03 Å². The van der Waals surface area contributed by atoms with Crippen molar-refractivity contribution in [1.29, 1.82) is 4.78 Å². The maximum absolute atomic E-state index is 13.1. The number of nitrogens with one attached hydrogen (secondary N) is 3. The van der Waals surface area contributed by atoms with Gasteiger partial charge in [-0.2, -0.15) is 5.10 Å². The summed E-state index contributed by atoms with van der Waals surface area (Å²) in [6.45, 7) is 2.89. The van der Waals surface area contributed by atoms with E-state index in [4.69, 9.17) is 14.3 Å². The smallest absolute Gasteiger partial charge is 0.331 e. The fraction of sp³-hybridized carbons (Fsp3) is 0.524. The second kappa shape index (κ2) is 7.52. The predicted molar refractivity (Wildman–Crippen MR) is 115 cm³/mol. The van der Waals surface area contributed by atoms with Crippen molar-refractivity contribution in [2.75, 3.05) is 19.0 Å². The first-order valence-electron chi connectivity index (χ1n) is 10.6. The first-order valence-corrected chi connectivity index (χ1v) is 12.2. The molecule has 0 bridgehead atoms. The highest BCUT2D eigenvalue weighted by Crippen LogP contribution is 2.43. The number of benzene rings is 1. The molecule has 5 rings (SSSR count). The summed E-state index contributed by atoms with van der Waals surface area (Å²) >= 11 is 0.